The largest absolute Gasteiger partial charge is 0.507 e. The van der Waals surface area contributed by atoms with E-state index in [1.807, 2.05) is 54.8 Å². The van der Waals surface area contributed by atoms with E-state index in [4.69, 9.17) is 9.47 Å². The van der Waals surface area contributed by atoms with Crippen LogP contribution in [0.1, 0.15) is 35.4 Å². The summed E-state index contributed by atoms with van der Waals surface area (Å²) in [5.74, 6) is -0.308. The van der Waals surface area contributed by atoms with Gasteiger partial charge in [-0.1, -0.05) is 43.3 Å². The fourth-order valence-corrected chi connectivity index (χ4v) is 5.17. The number of carbonyl (C=O) groups is 2. The van der Waals surface area contributed by atoms with E-state index < -0.39 is 17.7 Å². The molecule has 0 radical (unpaired) electrons. The molecule has 1 unspecified atom stereocenters. The number of aliphatic hydroxyl groups is 1. The smallest absolute Gasteiger partial charge is 0.300 e. The summed E-state index contributed by atoms with van der Waals surface area (Å²) in [6.45, 7) is 3.03. The minimum atomic E-state index is -0.748. The third-order valence-corrected chi connectivity index (χ3v) is 7.15. The van der Waals surface area contributed by atoms with Gasteiger partial charge in [-0.2, -0.15) is 0 Å². The molecule has 0 spiro atoms. The number of carbonyl (C=O) groups excluding carboxylic acids is 2. The van der Waals surface area contributed by atoms with E-state index >= 15 is 0 Å². The summed E-state index contributed by atoms with van der Waals surface area (Å²) in [6.07, 6.45) is 0.881. The lowest BCUT2D eigenvalue weighted by Gasteiger charge is -2.24. The Morgan fingerprint density at radius 2 is 1.55 bits per heavy atom. The number of benzene rings is 3. The second kappa shape index (κ2) is 11.4. The lowest BCUT2D eigenvalue weighted by molar-refractivity contribution is -0.132. The van der Waals surface area contributed by atoms with Crippen molar-refractivity contribution in [2.24, 2.45) is 0 Å². The SMILES string of the molecule is CCCOc1ccc(/C(O)=C2/C(=O)C(=O)N(c3ccc(OCc4ccccc4)cc3)C2c2cccs2)cc1. The topological polar surface area (TPSA) is 76.1 Å². The fraction of sp³-hybridized carbons (Fsp3) is 0.161. The molecule has 4 aromatic rings. The first-order valence-electron chi connectivity index (χ1n) is 12.4. The van der Waals surface area contributed by atoms with Gasteiger partial charge in [-0.25, -0.2) is 0 Å². The van der Waals surface area contributed by atoms with E-state index in [0.717, 1.165) is 16.9 Å². The highest BCUT2D eigenvalue weighted by molar-refractivity contribution is 7.10. The van der Waals surface area contributed by atoms with Crippen molar-refractivity contribution in [1.82, 2.24) is 0 Å². The predicted octanol–water partition coefficient (Wildman–Crippen LogP) is 6.74. The number of hydrogen-bond acceptors (Lipinski definition) is 6. The Morgan fingerprint density at radius 1 is 0.868 bits per heavy atom. The molecule has 7 heteroatoms. The van der Waals surface area contributed by atoms with E-state index in [0.29, 0.717) is 36.0 Å². The van der Waals surface area contributed by atoms with Crippen LogP contribution in [0, 0.1) is 0 Å². The summed E-state index contributed by atoms with van der Waals surface area (Å²) in [5.41, 5.74) is 2.09. The third kappa shape index (κ3) is 5.19. The number of aliphatic hydroxyl groups excluding tert-OH is 1. The first-order chi connectivity index (χ1) is 18.6. The van der Waals surface area contributed by atoms with Crippen molar-refractivity contribution >= 4 is 34.5 Å². The zero-order chi connectivity index (χ0) is 26.5. The monoisotopic (exact) mass is 525 g/mol. The van der Waals surface area contributed by atoms with Crippen molar-refractivity contribution in [1.29, 1.82) is 0 Å². The van der Waals surface area contributed by atoms with Gasteiger partial charge in [0, 0.05) is 16.1 Å². The quantitative estimate of drug-likeness (QED) is 0.149. The standard InChI is InChI=1S/C31H27NO5S/c1-2-18-36-24-14-10-22(11-15-24)29(33)27-28(26-9-6-19-38-26)32(31(35)30(27)34)23-12-16-25(17-13-23)37-20-21-7-4-3-5-8-21/h3-17,19,28,33H,2,18,20H2,1H3/b29-27-. The molecule has 5 rings (SSSR count). The molecule has 1 N–H and O–H groups in total. The van der Waals surface area contributed by atoms with Crippen LogP contribution in [0.3, 0.4) is 0 Å². The molecule has 6 nitrogen and oxygen atoms in total. The molecular formula is C31H27NO5S. The van der Waals surface area contributed by atoms with Gasteiger partial charge in [0.1, 0.15) is 29.9 Å². The number of Topliss-reactive ketones (excluding diaryl/α,β-unsaturated/α-hetero) is 1. The molecule has 2 heterocycles. The highest BCUT2D eigenvalue weighted by Crippen LogP contribution is 2.43. The number of thiophene rings is 1. The van der Waals surface area contributed by atoms with E-state index in [9.17, 15) is 14.7 Å². The van der Waals surface area contributed by atoms with Gasteiger partial charge in [0.15, 0.2) is 0 Å². The Balaban J connectivity index is 1.46. The van der Waals surface area contributed by atoms with Gasteiger partial charge in [0.2, 0.25) is 0 Å². The highest BCUT2D eigenvalue weighted by atomic mass is 32.1. The van der Waals surface area contributed by atoms with Gasteiger partial charge in [0.05, 0.1) is 12.2 Å². The minimum Gasteiger partial charge on any atom is -0.507 e. The van der Waals surface area contributed by atoms with Crippen molar-refractivity contribution in [3.8, 4) is 11.5 Å². The Kier molecular flexibility index (Phi) is 7.56. The second-order valence-corrected chi connectivity index (χ2v) is 9.80. The van der Waals surface area contributed by atoms with Crippen LogP contribution in [0.5, 0.6) is 11.5 Å². The van der Waals surface area contributed by atoms with E-state index in [1.54, 1.807) is 48.5 Å². The maximum atomic E-state index is 13.3. The molecule has 38 heavy (non-hydrogen) atoms. The van der Waals surface area contributed by atoms with Crippen LogP contribution < -0.4 is 14.4 Å². The number of rotatable bonds is 9. The Bertz CT molecular complexity index is 1430. The van der Waals surface area contributed by atoms with Crippen molar-refractivity contribution in [2.45, 2.75) is 26.0 Å². The van der Waals surface area contributed by atoms with Crippen molar-refractivity contribution in [3.63, 3.8) is 0 Å². The Labute approximate surface area is 225 Å². The first kappa shape index (κ1) is 25.3. The van der Waals surface area contributed by atoms with Crippen LogP contribution >= 0.6 is 11.3 Å². The third-order valence-electron chi connectivity index (χ3n) is 6.22. The average Bonchev–Trinajstić information content (AvgIpc) is 3.58. The van der Waals surface area contributed by atoms with Gasteiger partial charge in [-0.05, 0) is 72.0 Å². The molecule has 1 saturated heterocycles. The normalized spacial score (nSPS) is 16.6. The van der Waals surface area contributed by atoms with Crippen molar-refractivity contribution in [3.05, 3.63) is 118 Å². The molecule has 1 aromatic heterocycles. The lowest BCUT2D eigenvalue weighted by atomic mass is 9.99. The Hall–Kier alpha value is -4.36. The maximum absolute atomic E-state index is 13.3. The minimum absolute atomic E-state index is 0.0593. The summed E-state index contributed by atoms with van der Waals surface area (Å²) >= 11 is 1.42. The van der Waals surface area contributed by atoms with Crippen LogP contribution in [0.25, 0.3) is 5.76 Å². The fourth-order valence-electron chi connectivity index (χ4n) is 4.34. The van der Waals surface area contributed by atoms with Crippen LogP contribution in [-0.4, -0.2) is 23.4 Å². The van der Waals surface area contributed by atoms with Crippen molar-refractivity contribution < 1.29 is 24.2 Å². The predicted molar refractivity (Wildman–Crippen MR) is 149 cm³/mol. The number of ether oxygens (including phenoxy) is 2. The highest BCUT2D eigenvalue weighted by Gasteiger charge is 2.47. The van der Waals surface area contributed by atoms with E-state index in [-0.39, 0.29) is 11.3 Å². The van der Waals surface area contributed by atoms with Gasteiger partial charge in [0.25, 0.3) is 11.7 Å². The molecule has 1 aliphatic heterocycles. The molecule has 1 aliphatic rings. The molecule has 0 bridgehead atoms. The first-order valence-corrected chi connectivity index (χ1v) is 13.3. The molecule has 0 saturated carbocycles. The summed E-state index contributed by atoms with van der Waals surface area (Å²) in [4.78, 5) is 28.8. The van der Waals surface area contributed by atoms with E-state index in [1.165, 1.54) is 16.2 Å². The molecule has 0 aliphatic carbocycles. The van der Waals surface area contributed by atoms with Crippen LogP contribution in [-0.2, 0) is 16.2 Å². The lowest BCUT2D eigenvalue weighted by Crippen LogP contribution is -2.29. The van der Waals surface area contributed by atoms with Gasteiger partial charge >= 0.3 is 0 Å². The zero-order valence-electron chi connectivity index (χ0n) is 20.9. The Morgan fingerprint density at radius 3 is 2.21 bits per heavy atom. The molecule has 3 aromatic carbocycles. The number of ketones is 1. The summed E-state index contributed by atoms with van der Waals surface area (Å²) in [7, 11) is 0. The zero-order valence-corrected chi connectivity index (χ0v) is 21.7. The number of nitrogens with zero attached hydrogens (tertiary/aromatic N) is 1. The van der Waals surface area contributed by atoms with Crippen LogP contribution in [0.15, 0.2) is 102 Å². The van der Waals surface area contributed by atoms with Gasteiger partial charge < -0.3 is 14.6 Å². The number of amides is 1. The molecule has 1 fully saturated rings. The molecule has 192 valence electrons. The second-order valence-electron chi connectivity index (χ2n) is 8.83. The van der Waals surface area contributed by atoms with Gasteiger partial charge in [-0.3, -0.25) is 14.5 Å². The number of anilines is 1. The molecule has 1 amide bonds. The number of hydrogen-bond donors (Lipinski definition) is 1. The summed E-state index contributed by atoms with van der Waals surface area (Å²) < 4.78 is 11.5. The van der Waals surface area contributed by atoms with Crippen LogP contribution in [0.4, 0.5) is 5.69 Å². The summed E-state index contributed by atoms with van der Waals surface area (Å²) in [5, 5.41) is 13.1. The van der Waals surface area contributed by atoms with Gasteiger partial charge in [-0.15, -0.1) is 11.3 Å². The summed E-state index contributed by atoms with van der Waals surface area (Å²) in [6, 6.07) is 26.8. The molecule has 1 atom stereocenters. The average molecular weight is 526 g/mol. The maximum Gasteiger partial charge on any atom is 0.300 e. The van der Waals surface area contributed by atoms with Crippen molar-refractivity contribution in [2.75, 3.05) is 11.5 Å². The van der Waals surface area contributed by atoms with Crippen LogP contribution in [0.2, 0.25) is 0 Å². The molecular weight excluding hydrogens is 498 g/mol. The van der Waals surface area contributed by atoms with E-state index in [2.05, 4.69) is 0 Å².